The van der Waals surface area contributed by atoms with Crippen molar-refractivity contribution in [2.75, 3.05) is 17.7 Å². The fourth-order valence-electron chi connectivity index (χ4n) is 3.13. The number of hydrogen-bond donors (Lipinski definition) is 2. The molecule has 2 aliphatic rings. The van der Waals surface area contributed by atoms with Crippen molar-refractivity contribution in [3.05, 3.63) is 23.7 Å². The minimum Gasteiger partial charge on any atom is -0.372 e. The van der Waals surface area contributed by atoms with E-state index in [1.807, 2.05) is 6.92 Å². The van der Waals surface area contributed by atoms with Crippen LogP contribution in [0.5, 0.6) is 0 Å². The van der Waals surface area contributed by atoms with Crippen LogP contribution in [0.25, 0.3) is 0 Å². The van der Waals surface area contributed by atoms with Crippen LogP contribution in [0.4, 0.5) is 30.6 Å². The first-order chi connectivity index (χ1) is 12.7. The van der Waals surface area contributed by atoms with Crippen LogP contribution in [-0.4, -0.2) is 26.8 Å². The first-order valence-corrected chi connectivity index (χ1v) is 8.64. The zero-order valence-corrected chi connectivity index (χ0v) is 14.8. The number of nitrogens with zero attached hydrogens (tertiary/aromatic N) is 5. The van der Waals surface area contributed by atoms with Crippen molar-refractivity contribution in [3.63, 3.8) is 0 Å². The van der Waals surface area contributed by atoms with Gasteiger partial charge in [0.15, 0.2) is 0 Å². The second kappa shape index (κ2) is 5.84. The van der Waals surface area contributed by atoms with Gasteiger partial charge < -0.3 is 10.6 Å². The monoisotopic (exact) mass is 377 g/mol. The van der Waals surface area contributed by atoms with E-state index in [0.717, 1.165) is 31.2 Å². The highest BCUT2D eigenvalue weighted by molar-refractivity contribution is 5.59. The molecule has 2 aliphatic carbocycles. The van der Waals surface area contributed by atoms with Crippen LogP contribution >= 0.6 is 0 Å². The molecule has 4 rings (SSSR count). The van der Waals surface area contributed by atoms with Gasteiger partial charge in [0.1, 0.15) is 11.4 Å². The molecule has 2 saturated carbocycles. The van der Waals surface area contributed by atoms with E-state index in [4.69, 9.17) is 0 Å². The molecule has 0 saturated heterocycles. The molecule has 27 heavy (non-hydrogen) atoms. The second-order valence-corrected chi connectivity index (χ2v) is 7.26. The Morgan fingerprint density at radius 2 is 2.11 bits per heavy atom. The van der Waals surface area contributed by atoms with Crippen LogP contribution < -0.4 is 10.6 Å². The van der Waals surface area contributed by atoms with Crippen LogP contribution in [0.15, 0.2) is 12.4 Å². The highest BCUT2D eigenvalue weighted by atomic mass is 19.4. The Kier molecular flexibility index (Phi) is 3.80. The highest BCUT2D eigenvalue weighted by Gasteiger charge is 2.53. The van der Waals surface area contributed by atoms with Crippen molar-refractivity contribution in [2.24, 2.45) is 5.41 Å². The van der Waals surface area contributed by atoms with Gasteiger partial charge in [0.2, 0.25) is 5.95 Å². The molecule has 2 fully saturated rings. The van der Waals surface area contributed by atoms with Gasteiger partial charge in [0.25, 0.3) is 0 Å². The Bertz CT molecular complexity index is 926. The summed E-state index contributed by atoms with van der Waals surface area (Å²) < 4.78 is 40.8. The van der Waals surface area contributed by atoms with Gasteiger partial charge in [-0.05, 0) is 26.2 Å². The molecule has 1 unspecified atom stereocenters. The van der Waals surface area contributed by atoms with Gasteiger partial charge in [0, 0.05) is 25.4 Å². The molecule has 2 aromatic heterocycles. The van der Waals surface area contributed by atoms with Crippen molar-refractivity contribution < 1.29 is 13.2 Å². The van der Waals surface area contributed by atoms with Gasteiger partial charge in [-0.1, -0.05) is 0 Å². The molecule has 2 aromatic rings. The van der Waals surface area contributed by atoms with Gasteiger partial charge in [-0.15, -0.1) is 0 Å². The summed E-state index contributed by atoms with van der Waals surface area (Å²) in [6.07, 6.45) is 0.782. The third kappa shape index (κ3) is 3.18. The molecule has 7 nitrogen and oxygen atoms in total. The van der Waals surface area contributed by atoms with Crippen molar-refractivity contribution in [1.82, 2.24) is 19.7 Å². The van der Waals surface area contributed by atoms with Crippen LogP contribution in [-0.2, 0) is 6.18 Å². The third-order valence-corrected chi connectivity index (χ3v) is 5.07. The lowest BCUT2D eigenvalue weighted by molar-refractivity contribution is -0.137. The zero-order chi connectivity index (χ0) is 19.4. The Labute approximate surface area is 153 Å². The normalized spacial score (nSPS) is 24.4. The lowest BCUT2D eigenvalue weighted by atomic mass is 10.2. The van der Waals surface area contributed by atoms with Crippen LogP contribution in [0.3, 0.4) is 0 Å². The lowest BCUT2D eigenvalue weighted by Crippen LogP contribution is -2.12. The first-order valence-electron chi connectivity index (χ1n) is 8.64. The average molecular weight is 377 g/mol. The minimum atomic E-state index is -4.53. The molecule has 2 N–H and O–H groups in total. The van der Waals surface area contributed by atoms with E-state index < -0.39 is 17.2 Å². The van der Waals surface area contributed by atoms with Gasteiger partial charge >= 0.3 is 6.18 Å². The molecule has 0 aromatic carbocycles. The molecular weight excluding hydrogens is 359 g/mol. The number of nitrogens with one attached hydrogen (secondary N) is 2. The molecule has 0 radical (unpaired) electrons. The van der Waals surface area contributed by atoms with Crippen LogP contribution in [0, 0.1) is 16.7 Å². The Hall–Kier alpha value is -2.83. The van der Waals surface area contributed by atoms with Crippen LogP contribution in [0.2, 0.25) is 0 Å². The first kappa shape index (κ1) is 17.6. The van der Waals surface area contributed by atoms with E-state index in [-0.39, 0.29) is 17.8 Å². The van der Waals surface area contributed by atoms with Gasteiger partial charge in [-0.25, -0.2) is 4.98 Å². The minimum absolute atomic E-state index is 0.0111. The van der Waals surface area contributed by atoms with Gasteiger partial charge in [-0.3, -0.25) is 4.68 Å². The molecule has 0 bridgehead atoms. The smallest absolute Gasteiger partial charge is 0.372 e. The lowest BCUT2D eigenvalue weighted by Gasteiger charge is -2.12. The maximum atomic E-state index is 13.0. The molecule has 0 amide bonds. The fourth-order valence-corrected chi connectivity index (χ4v) is 3.13. The second-order valence-electron chi connectivity index (χ2n) is 7.26. The van der Waals surface area contributed by atoms with E-state index in [0.29, 0.717) is 11.6 Å². The number of halogens is 3. The molecular formula is C17H18F3N7. The summed E-state index contributed by atoms with van der Waals surface area (Å²) >= 11 is 0. The Morgan fingerprint density at radius 3 is 2.67 bits per heavy atom. The highest BCUT2D eigenvalue weighted by Crippen LogP contribution is 2.56. The maximum Gasteiger partial charge on any atom is 0.421 e. The summed E-state index contributed by atoms with van der Waals surface area (Å²) in [5, 5.41) is 19.3. The molecule has 0 spiro atoms. The number of aromatic nitrogens is 4. The molecule has 2 heterocycles. The summed E-state index contributed by atoms with van der Waals surface area (Å²) in [7, 11) is 1.38. The molecule has 0 aliphatic heterocycles. The number of hydrogen-bond acceptors (Lipinski definition) is 6. The SMILES string of the molecule is CNc1nc(Nc2cn(C3C[C@@]3(C)C#N)nc2C2CC2)ncc1C(F)(F)F. The zero-order valence-electron chi connectivity index (χ0n) is 14.8. The summed E-state index contributed by atoms with van der Waals surface area (Å²) in [4.78, 5) is 7.76. The van der Waals surface area contributed by atoms with Crippen molar-refractivity contribution in [1.29, 1.82) is 5.26 Å². The van der Waals surface area contributed by atoms with E-state index in [1.165, 1.54) is 7.05 Å². The topological polar surface area (TPSA) is 91.5 Å². The summed E-state index contributed by atoms with van der Waals surface area (Å²) in [6.45, 7) is 1.89. The predicted octanol–water partition coefficient (Wildman–Crippen LogP) is 3.83. The van der Waals surface area contributed by atoms with Crippen molar-refractivity contribution >= 4 is 17.5 Å². The number of nitriles is 1. The summed E-state index contributed by atoms with van der Waals surface area (Å²) in [5.74, 6) is 0.0892. The van der Waals surface area contributed by atoms with Gasteiger partial charge in [0.05, 0.1) is 28.9 Å². The standard InChI is InChI=1S/C17H18F3N7/c1-16(8-21)5-12(16)27-7-11(13(26-27)9-3-4-9)24-15-23-6-10(17(18,19)20)14(22-2)25-15/h6-7,9,12H,3-5H2,1-2H3,(H2,22,23,24,25)/t12?,16-/m0/s1. The quantitative estimate of drug-likeness (QED) is 0.823. The summed E-state index contributed by atoms with van der Waals surface area (Å²) in [5.41, 5.74) is 0.175. The Morgan fingerprint density at radius 1 is 1.37 bits per heavy atom. The molecule has 142 valence electrons. The van der Waals surface area contributed by atoms with Crippen molar-refractivity contribution in [2.45, 2.75) is 44.3 Å². The average Bonchev–Trinajstić information content (AvgIpc) is 3.54. The Balaban J connectivity index is 1.63. The molecule has 10 heteroatoms. The van der Waals surface area contributed by atoms with E-state index in [2.05, 4.69) is 31.8 Å². The third-order valence-electron chi connectivity index (χ3n) is 5.07. The van der Waals surface area contributed by atoms with E-state index in [9.17, 15) is 18.4 Å². The number of alkyl halides is 3. The van der Waals surface area contributed by atoms with E-state index >= 15 is 0 Å². The van der Waals surface area contributed by atoms with Crippen LogP contribution in [0.1, 0.15) is 49.4 Å². The maximum absolute atomic E-state index is 13.0. The largest absolute Gasteiger partial charge is 0.421 e. The molecule has 2 atom stereocenters. The number of anilines is 3. The summed E-state index contributed by atoms with van der Waals surface area (Å²) in [6, 6.07) is 2.31. The van der Waals surface area contributed by atoms with Crippen molar-refractivity contribution in [3.8, 4) is 6.07 Å². The predicted molar refractivity (Wildman–Crippen MR) is 91.4 cm³/mol. The van der Waals surface area contributed by atoms with Gasteiger partial charge in [-0.2, -0.15) is 28.5 Å². The number of rotatable bonds is 5. The fraction of sp³-hybridized carbons (Fsp3) is 0.529. The van der Waals surface area contributed by atoms with E-state index in [1.54, 1.807) is 10.9 Å².